The van der Waals surface area contributed by atoms with Gasteiger partial charge in [-0.25, -0.2) is 4.98 Å². The first-order valence-corrected chi connectivity index (χ1v) is 8.51. The Morgan fingerprint density at radius 2 is 1.93 bits per heavy atom. The molecule has 6 nitrogen and oxygen atoms in total. The number of fused-ring (bicyclic) bond motifs is 1. The highest BCUT2D eigenvalue weighted by Gasteiger charge is 2.32. The van der Waals surface area contributed by atoms with E-state index in [1.807, 2.05) is 4.57 Å². The maximum Gasteiger partial charge on any atom is 0.416 e. The van der Waals surface area contributed by atoms with Crippen molar-refractivity contribution in [3.63, 3.8) is 0 Å². The van der Waals surface area contributed by atoms with Crippen LogP contribution >= 0.6 is 0 Å². The lowest BCUT2D eigenvalue weighted by atomic mass is 9.90. The summed E-state index contributed by atoms with van der Waals surface area (Å²) >= 11 is 0. The highest BCUT2D eigenvalue weighted by Crippen LogP contribution is 2.36. The van der Waals surface area contributed by atoms with Gasteiger partial charge in [-0.2, -0.15) is 13.2 Å². The van der Waals surface area contributed by atoms with E-state index in [2.05, 4.69) is 20.2 Å². The molecule has 2 aromatic heterocycles. The van der Waals surface area contributed by atoms with E-state index in [1.54, 1.807) is 6.92 Å². The molecule has 0 radical (unpaired) electrons. The summed E-state index contributed by atoms with van der Waals surface area (Å²) in [6.07, 6.45) is -2.76. The van der Waals surface area contributed by atoms with Crippen molar-refractivity contribution in [1.82, 2.24) is 24.7 Å². The second kappa shape index (κ2) is 6.33. The molecule has 1 aliphatic heterocycles. The molecule has 1 unspecified atom stereocenters. The van der Waals surface area contributed by atoms with Crippen LogP contribution < -0.4 is 5.56 Å². The van der Waals surface area contributed by atoms with Gasteiger partial charge in [0.15, 0.2) is 5.82 Å². The van der Waals surface area contributed by atoms with Crippen LogP contribution in [0.25, 0.3) is 11.5 Å². The zero-order chi connectivity index (χ0) is 19.2. The van der Waals surface area contributed by atoms with Crippen LogP contribution in [0.15, 0.2) is 35.1 Å². The number of aryl methyl sites for hydroxylation is 1. The molecule has 0 saturated heterocycles. The number of aromatic amines is 1. The molecule has 3 aromatic rings. The van der Waals surface area contributed by atoms with Gasteiger partial charge in [-0.1, -0.05) is 12.1 Å². The monoisotopic (exact) mass is 375 g/mol. The Kier molecular flexibility index (Phi) is 4.09. The first kappa shape index (κ1) is 17.4. The van der Waals surface area contributed by atoms with Gasteiger partial charge in [-0.15, -0.1) is 10.2 Å². The van der Waals surface area contributed by atoms with Crippen molar-refractivity contribution in [3.05, 3.63) is 63.5 Å². The molecule has 1 aromatic carbocycles. The Morgan fingerprint density at radius 1 is 1.19 bits per heavy atom. The second-order valence-electron chi connectivity index (χ2n) is 6.56. The smallest absolute Gasteiger partial charge is 0.311 e. The van der Waals surface area contributed by atoms with E-state index < -0.39 is 11.7 Å². The van der Waals surface area contributed by atoms with Crippen molar-refractivity contribution >= 4 is 0 Å². The predicted octanol–water partition coefficient (Wildman–Crippen LogP) is 3.28. The average Bonchev–Trinajstić information content (AvgIpc) is 3.04. The second-order valence-corrected chi connectivity index (χ2v) is 6.56. The number of benzene rings is 1. The minimum atomic E-state index is -4.36. The van der Waals surface area contributed by atoms with E-state index in [1.165, 1.54) is 18.2 Å². The number of halogens is 3. The molecule has 0 fully saturated rings. The fourth-order valence-electron chi connectivity index (χ4n) is 3.48. The zero-order valence-corrected chi connectivity index (χ0v) is 14.4. The molecule has 3 heterocycles. The van der Waals surface area contributed by atoms with Gasteiger partial charge < -0.3 is 9.55 Å². The average molecular weight is 375 g/mol. The Labute approximate surface area is 152 Å². The number of rotatable bonds is 2. The number of aromatic nitrogens is 5. The summed E-state index contributed by atoms with van der Waals surface area (Å²) in [7, 11) is 0. The van der Waals surface area contributed by atoms with E-state index in [0.717, 1.165) is 30.5 Å². The molecule has 140 valence electrons. The molecule has 1 atom stereocenters. The number of hydrogen-bond donors (Lipinski definition) is 1. The third-order valence-electron chi connectivity index (χ3n) is 4.70. The first-order chi connectivity index (χ1) is 12.8. The third kappa shape index (κ3) is 3.24. The maximum absolute atomic E-state index is 12.8. The molecular weight excluding hydrogens is 359 g/mol. The standard InChI is InChI=1S/C18H16F3N5O/c1-10-22-14(9-15(27)23-10)17-25-24-16-13(3-2-8-26(16)17)11-4-6-12(7-5-11)18(19,20)21/h4-7,9,13H,2-3,8H2,1H3,(H,22,23,27). The Hall–Kier alpha value is -2.97. The SMILES string of the molecule is Cc1nc(-c2nnc3n2CCCC3c2ccc(C(F)(F)F)cc2)cc(=O)[nH]1. The van der Waals surface area contributed by atoms with Gasteiger partial charge in [-0.3, -0.25) is 4.79 Å². The minimum absolute atomic E-state index is 0.148. The van der Waals surface area contributed by atoms with Crippen molar-refractivity contribution in [3.8, 4) is 11.5 Å². The lowest BCUT2D eigenvalue weighted by molar-refractivity contribution is -0.137. The number of H-pyrrole nitrogens is 1. The molecule has 0 amide bonds. The molecule has 0 spiro atoms. The number of nitrogens with zero attached hydrogens (tertiary/aromatic N) is 4. The van der Waals surface area contributed by atoms with Gasteiger partial charge in [0, 0.05) is 18.5 Å². The van der Waals surface area contributed by atoms with Gasteiger partial charge in [-0.05, 0) is 37.5 Å². The van der Waals surface area contributed by atoms with Crippen molar-refractivity contribution in [1.29, 1.82) is 0 Å². The summed E-state index contributed by atoms with van der Waals surface area (Å²) in [6, 6.07) is 6.53. The summed E-state index contributed by atoms with van der Waals surface area (Å²) < 4.78 is 40.3. The van der Waals surface area contributed by atoms with E-state index >= 15 is 0 Å². The van der Waals surface area contributed by atoms with Crippen LogP contribution in [0, 0.1) is 6.92 Å². The molecule has 1 N–H and O–H groups in total. The van der Waals surface area contributed by atoms with Crippen molar-refractivity contribution in [2.45, 2.75) is 38.4 Å². The first-order valence-electron chi connectivity index (χ1n) is 8.51. The normalized spacial score (nSPS) is 17.0. The largest absolute Gasteiger partial charge is 0.416 e. The van der Waals surface area contributed by atoms with Crippen molar-refractivity contribution < 1.29 is 13.2 Å². The van der Waals surface area contributed by atoms with Crippen molar-refractivity contribution in [2.24, 2.45) is 0 Å². The molecule has 0 bridgehead atoms. The number of alkyl halides is 3. The maximum atomic E-state index is 12.8. The summed E-state index contributed by atoms with van der Waals surface area (Å²) in [5, 5.41) is 8.46. The van der Waals surface area contributed by atoms with Crippen LogP contribution in [-0.2, 0) is 12.7 Å². The quantitative estimate of drug-likeness (QED) is 0.746. The van der Waals surface area contributed by atoms with Gasteiger partial charge in [0.1, 0.15) is 17.3 Å². The fourth-order valence-corrected chi connectivity index (χ4v) is 3.48. The third-order valence-corrected chi connectivity index (χ3v) is 4.70. The molecular formula is C18H16F3N5O. The van der Waals surface area contributed by atoms with Gasteiger partial charge in [0.2, 0.25) is 0 Å². The van der Waals surface area contributed by atoms with Crippen LogP contribution in [0.4, 0.5) is 13.2 Å². The van der Waals surface area contributed by atoms with Gasteiger partial charge in [0.25, 0.3) is 5.56 Å². The van der Waals surface area contributed by atoms with Crippen LogP contribution in [0.3, 0.4) is 0 Å². The molecule has 0 saturated carbocycles. The van der Waals surface area contributed by atoms with Gasteiger partial charge >= 0.3 is 6.18 Å². The van der Waals surface area contributed by atoms with E-state index in [9.17, 15) is 18.0 Å². The van der Waals surface area contributed by atoms with Crippen LogP contribution in [0.2, 0.25) is 0 Å². The predicted molar refractivity (Wildman–Crippen MR) is 91.1 cm³/mol. The molecule has 27 heavy (non-hydrogen) atoms. The topological polar surface area (TPSA) is 76.5 Å². The minimum Gasteiger partial charge on any atom is -0.311 e. The van der Waals surface area contributed by atoms with E-state index in [4.69, 9.17) is 0 Å². The summed E-state index contributed by atoms with van der Waals surface area (Å²) in [6.45, 7) is 2.35. The van der Waals surface area contributed by atoms with Crippen molar-refractivity contribution in [2.75, 3.05) is 0 Å². The van der Waals surface area contributed by atoms with E-state index in [0.29, 0.717) is 29.7 Å². The molecule has 0 aliphatic carbocycles. The Morgan fingerprint density at radius 3 is 2.59 bits per heavy atom. The summed E-state index contributed by atoms with van der Waals surface area (Å²) in [5.41, 5.74) is 0.248. The zero-order valence-electron chi connectivity index (χ0n) is 14.4. The molecule has 9 heteroatoms. The van der Waals surface area contributed by atoms with Crippen LogP contribution in [-0.4, -0.2) is 24.7 Å². The Bertz CT molecular complexity index is 1040. The molecule has 4 rings (SSSR count). The lowest BCUT2D eigenvalue weighted by Gasteiger charge is -2.24. The van der Waals surface area contributed by atoms with Gasteiger partial charge in [0.05, 0.1) is 5.56 Å². The fraction of sp³-hybridized carbons (Fsp3) is 0.333. The number of hydrogen-bond acceptors (Lipinski definition) is 4. The van der Waals surface area contributed by atoms with E-state index in [-0.39, 0.29) is 11.5 Å². The Balaban J connectivity index is 1.73. The van der Waals surface area contributed by atoms with Crippen LogP contribution in [0.1, 0.15) is 41.5 Å². The lowest BCUT2D eigenvalue weighted by Crippen LogP contribution is -2.19. The number of nitrogens with one attached hydrogen (secondary N) is 1. The summed E-state index contributed by atoms with van der Waals surface area (Å²) in [4.78, 5) is 18.6. The highest BCUT2D eigenvalue weighted by molar-refractivity contribution is 5.49. The molecule has 1 aliphatic rings. The highest BCUT2D eigenvalue weighted by atomic mass is 19.4. The van der Waals surface area contributed by atoms with Crippen LogP contribution in [0.5, 0.6) is 0 Å². The summed E-state index contributed by atoms with van der Waals surface area (Å²) in [5.74, 6) is 1.50.